The lowest BCUT2D eigenvalue weighted by atomic mass is 9.65. The number of hydrogen-bond acceptors (Lipinski definition) is 5. The van der Waals surface area contributed by atoms with Gasteiger partial charge in [-0.25, -0.2) is 0 Å². The third kappa shape index (κ3) is 2.24. The molecule has 5 nitrogen and oxygen atoms in total. The van der Waals surface area contributed by atoms with Crippen LogP contribution in [-0.4, -0.2) is 30.1 Å². The quantitative estimate of drug-likeness (QED) is 0.713. The first-order valence-corrected chi connectivity index (χ1v) is 9.40. The molecule has 1 atom stereocenters. The summed E-state index contributed by atoms with van der Waals surface area (Å²) in [5.74, 6) is -0.781. The van der Waals surface area contributed by atoms with Crippen LogP contribution in [-0.2, 0) is 14.4 Å². The number of hydrogen-bond donors (Lipinski definition) is 0. The maximum absolute atomic E-state index is 13.3. The van der Waals surface area contributed by atoms with E-state index in [0.29, 0.717) is 46.3 Å². The smallest absolute Gasteiger partial charge is 0.192 e. The molecule has 5 rings (SSSR count). The fraction of sp³-hybridized carbons (Fsp3) is 0.261. The summed E-state index contributed by atoms with van der Waals surface area (Å²) in [6, 6.07) is 9.04. The van der Waals surface area contributed by atoms with E-state index < -0.39 is 5.92 Å². The van der Waals surface area contributed by atoms with Crippen LogP contribution < -0.4 is 0 Å². The van der Waals surface area contributed by atoms with E-state index >= 15 is 0 Å². The molecule has 0 bridgehead atoms. The topological polar surface area (TPSA) is 87.4 Å². The Morgan fingerprint density at radius 1 is 0.964 bits per heavy atom. The highest BCUT2D eigenvalue weighted by Crippen LogP contribution is 2.49. The van der Waals surface area contributed by atoms with Crippen molar-refractivity contribution in [3.05, 3.63) is 68.8 Å². The molecule has 28 heavy (non-hydrogen) atoms. The largest absolute Gasteiger partial charge is 0.295 e. The second kappa shape index (κ2) is 6.07. The van der Waals surface area contributed by atoms with Crippen molar-refractivity contribution < 1.29 is 14.4 Å². The van der Waals surface area contributed by atoms with Crippen molar-refractivity contribution in [3.8, 4) is 6.07 Å². The number of carbonyl (C=O) groups excluding carboxylic acids is 3. The summed E-state index contributed by atoms with van der Waals surface area (Å²) in [4.78, 5) is 43.4. The second-order valence-corrected chi connectivity index (χ2v) is 7.55. The first kappa shape index (κ1) is 16.8. The third-order valence-electron chi connectivity index (χ3n) is 6.06. The van der Waals surface area contributed by atoms with Gasteiger partial charge in [-0.2, -0.15) is 5.26 Å². The van der Waals surface area contributed by atoms with E-state index in [1.807, 2.05) is 0 Å². The van der Waals surface area contributed by atoms with Crippen molar-refractivity contribution in [3.63, 3.8) is 0 Å². The molecular weight excluding hydrogens is 352 g/mol. The molecule has 0 fully saturated rings. The minimum Gasteiger partial charge on any atom is -0.295 e. The van der Waals surface area contributed by atoms with Crippen LogP contribution in [0.1, 0.15) is 42.7 Å². The van der Waals surface area contributed by atoms with E-state index in [1.165, 1.54) is 6.21 Å². The van der Waals surface area contributed by atoms with Crippen molar-refractivity contribution in [2.75, 3.05) is 6.54 Å². The van der Waals surface area contributed by atoms with Gasteiger partial charge in [0.1, 0.15) is 0 Å². The summed E-state index contributed by atoms with van der Waals surface area (Å²) in [5, 5.41) is 9.09. The molecule has 1 unspecified atom stereocenters. The van der Waals surface area contributed by atoms with Gasteiger partial charge in [-0.1, -0.05) is 17.7 Å². The monoisotopic (exact) mass is 368 g/mol. The zero-order chi connectivity index (χ0) is 19.4. The number of allylic oxidation sites excluding steroid dienone is 5. The van der Waals surface area contributed by atoms with Crippen LogP contribution in [0.2, 0.25) is 0 Å². The van der Waals surface area contributed by atoms with Crippen LogP contribution in [0, 0.1) is 11.3 Å². The second-order valence-electron chi connectivity index (χ2n) is 7.55. The van der Waals surface area contributed by atoms with Crippen molar-refractivity contribution >= 4 is 23.6 Å². The standard InChI is InChI=1S/C23H16N2O3/c24-9-12-4-6-13(7-5-12)20-19-14(2-1-3-18(19)26)8-15-21(20)23(28)17-11-25-10-16(17)22(15)27/h4-7,11,20H,1-3,8,10H2. The Morgan fingerprint density at radius 3 is 2.50 bits per heavy atom. The number of rotatable bonds is 1. The molecule has 0 aromatic heterocycles. The molecule has 5 heteroatoms. The summed E-state index contributed by atoms with van der Waals surface area (Å²) in [6.07, 6.45) is 3.88. The maximum atomic E-state index is 13.3. The lowest BCUT2D eigenvalue weighted by Crippen LogP contribution is -2.33. The van der Waals surface area contributed by atoms with Crippen molar-refractivity contribution in [1.29, 1.82) is 5.26 Å². The number of carbonyl (C=O) groups is 3. The predicted octanol–water partition coefficient (Wildman–Crippen LogP) is 2.92. The molecule has 1 aromatic rings. The van der Waals surface area contributed by atoms with Gasteiger partial charge in [-0.15, -0.1) is 0 Å². The number of nitriles is 1. The zero-order valence-corrected chi connectivity index (χ0v) is 15.1. The maximum Gasteiger partial charge on any atom is 0.192 e. The summed E-state index contributed by atoms with van der Waals surface area (Å²) in [5.41, 5.74) is 4.74. The summed E-state index contributed by atoms with van der Waals surface area (Å²) >= 11 is 0. The molecule has 136 valence electrons. The zero-order valence-electron chi connectivity index (χ0n) is 15.1. The fourth-order valence-electron chi connectivity index (χ4n) is 4.77. The molecule has 0 saturated heterocycles. The highest BCUT2D eigenvalue weighted by Gasteiger charge is 2.45. The van der Waals surface area contributed by atoms with Gasteiger partial charge in [-0.3, -0.25) is 19.4 Å². The molecule has 1 aliphatic heterocycles. The van der Waals surface area contributed by atoms with E-state index in [0.717, 1.165) is 24.0 Å². The van der Waals surface area contributed by atoms with E-state index in [2.05, 4.69) is 11.1 Å². The average Bonchev–Trinajstić information content (AvgIpc) is 3.21. The minimum absolute atomic E-state index is 0.0577. The Morgan fingerprint density at radius 2 is 1.75 bits per heavy atom. The van der Waals surface area contributed by atoms with Crippen molar-refractivity contribution in [2.45, 2.75) is 31.6 Å². The molecule has 0 saturated carbocycles. The Labute approximate surface area is 161 Å². The predicted molar refractivity (Wildman–Crippen MR) is 102 cm³/mol. The first-order chi connectivity index (χ1) is 13.6. The van der Waals surface area contributed by atoms with Gasteiger partial charge in [0.2, 0.25) is 0 Å². The van der Waals surface area contributed by atoms with E-state index in [-0.39, 0.29) is 23.9 Å². The lowest BCUT2D eigenvalue weighted by Gasteiger charge is -2.36. The third-order valence-corrected chi connectivity index (χ3v) is 6.06. The number of ketones is 3. The summed E-state index contributed by atoms with van der Waals surface area (Å²) in [7, 11) is 0. The Bertz CT molecular complexity index is 1140. The van der Waals surface area contributed by atoms with Crippen LogP contribution >= 0.6 is 0 Å². The molecular formula is C23H16N2O3. The fourth-order valence-corrected chi connectivity index (χ4v) is 4.77. The van der Waals surface area contributed by atoms with Gasteiger partial charge < -0.3 is 0 Å². The van der Waals surface area contributed by atoms with Gasteiger partial charge in [-0.05, 0) is 37.0 Å². The van der Waals surface area contributed by atoms with E-state index in [1.54, 1.807) is 24.3 Å². The van der Waals surface area contributed by atoms with E-state index in [4.69, 9.17) is 5.26 Å². The number of Topliss-reactive ketones (excluding diaryl/α,β-unsaturated/α-hetero) is 3. The van der Waals surface area contributed by atoms with Crippen molar-refractivity contribution in [2.24, 2.45) is 4.99 Å². The number of aliphatic imine (C=N–C) groups is 1. The molecule has 1 aromatic carbocycles. The Balaban J connectivity index is 1.72. The summed E-state index contributed by atoms with van der Waals surface area (Å²) < 4.78 is 0. The van der Waals surface area contributed by atoms with Crippen LogP contribution in [0.4, 0.5) is 0 Å². The van der Waals surface area contributed by atoms with Gasteiger partial charge >= 0.3 is 0 Å². The molecule has 0 N–H and O–H groups in total. The number of nitrogens with zero attached hydrogens (tertiary/aromatic N) is 2. The molecule has 3 aliphatic carbocycles. The van der Waals surface area contributed by atoms with E-state index in [9.17, 15) is 14.4 Å². The highest BCUT2D eigenvalue weighted by molar-refractivity contribution is 6.35. The van der Waals surface area contributed by atoms with Gasteiger partial charge in [0, 0.05) is 46.4 Å². The molecule has 1 heterocycles. The lowest BCUT2D eigenvalue weighted by molar-refractivity contribution is -0.117. The Hall–Kier alpha value is -3.39. The van der Waals surface area contributed by atoms with Crippen LogP contribution in [0.15, 0.2) is 62.7 Å². The van der Waals surface area contributed by atoms with Crippen LogP contribution in [0.25, 0.3) is 0 Å². The normalized spacial score (nSPS) is 23.7. The Kier molecular flexibility index (Phi) is 3.63. The molecule has 0 spiro atoms. The first-order valence-electron chi connectivity index (χ1n) is 9.40. The average molecular weight is 368 g/mol. The molecule has 0 radical (unpaired) electrons. The van der Waals surface area contributed by atoms with Crippen LogP contribution in [0.5, 0.6) is 0 Å². The SMILES string of the molecule is N#Cc1ccc(C2C3=C(CCCC3=O)CC3=C2C(=O)C2=C(CN=C2)C3=O)cc1. The van der Waals surface area contributed by atoms with Gasteiger partial charge in [0.25, 0.3) is 0 Å². The van der Waals surface area contributed by atoms with Crippen LogP contribution in [0.3, 0.4) is 0 Å². The number of benzene rings is 1. The van der Waals surface area contributed by atoms with Crippen molar-refractivity contribution in [1.82, 2.24) is 0 Å². The van der Waals surface area contributed by atoms with Gasteiger partial charge in [0.05, 0.1) is 18.2 Å². The van der Waals surface area contributed by atoms with Gasteiger partial charge in [0.15, 0.2) is 17.3 Å². The minimum atomic E-state index is -0.543. The highest BCUT2D eigenvalue weighted by atomic mass is 16.1. The summed E-state index contributed by atoms with van der Waals surface area (Å²) in [6.45, 7) is 0.253. The molecule has 4 aliphatic rings. The molecule has 0 amide bonds.